The molecule has 19 heavy (non-hydrogen) atoms. The molecule has 0 aliphatic carbocycles. The van der Waals surface area contributed by atoms with Crippen LogP contribution in [0.1, 0.15) is 35.4 Å². The van der Waals surface area contributed by atoms with Gasteiger partial charge in [0.05, 0.1) is 11.1 Å². The second-order valence-corrected chi connectivity index (χ2v) is 4.35. The molecule has 4 nitrogen and oxygen atoms in total. The first-order chi connectivity index (χ1) is 9.04. The lowest BCUT2D eigenvalue weighted by Gasteiger charge is -2.01. The van der Waals surface area contributed by atoms with E-state index in [-0.39, 0.29) is 11.8 Å². The van der Waals surface area contributed by atoms with E-state index in [0.717, 1.165) is 6.42 Å². The topological polar surface area (TPSA) is 51.1 Å². The summed E-state index contributed by atoms with van der Waals surface area (Å²) in [5.41, 5.74) is 0.799. The van der Waals surface area contributed by atoms with Crippen LogP contribution in [0.15, 0.2) is 24.4 Å². The van der Waals surface area contributed by atoms with Crippen LogP contribution in [0.25, 0.3) is 10.9 Å². The molecule has 0 aliphatic rings. The van der Waals surface area contributed by atoms with E-state index in [4.69, 9.17) is 0 Å². The summed E-state index contributed by atoms with van der Waals surface area (Å²) in [5, 5.41) is 3.32. The van der Waals surface area contributed by atoms with Crippen molar-refractivity contribution in [3.05, 3.63) is 35.8 Å². The maximum absolute atomic E-state index is 13.3. The van der Waals surface area contributed by atoms with Gasteiger partial charge >= 0.3 is 0 Å². The fourth-order valence-corrected chi connectivity index (χ4v) is 1.98. The first-order valence-corrected chi connectivity index (χ1v) is 6.14. The quantitative estimate of drug-likeness (QED) is 0.924. The minimum Gasteiger partial charge on any atom is -0.352 e. The number of hydrogen-bond donors (Lipinski definition) is 1. The van der Waals surface area contributed by atoms with Crippen molar-refractivity contribution in [2.24, 2.45) is 0 Å². The third-order valence-electron chi connectivity index (χ3n) is 2.89. The number of benzene rings is 1. The Morgan fingerprint density at radius 1 is 1.37 bits per heavy atom. The fourth-order valence-electron chi connectivity index (χ4n) is 1.98. The Bertz CT molecular complexity index is 646. The van der Waals surface area contributed by atoms with Crippen molar-refractivity contribution in [1.29, 1.82) is 0 Å². The van der Waals surface area contributed by atoms with Gasteiger partial charge in [-0.3, -0.25) is 14.2 Å². The molecule has 1 aromatic heterocycles. The summed E-state index contributed by atoms with van der Waals surface area (Å²) < 4.78 is 14.6. The third kappa shape index (κ3) is 2.50. The van der Waals surface area contributed by atoms with Gasteiger partial charge in [0.25, 0.3) is 5.91 Å². The maximum atomic E-state index is 13.3. The Morgan fingerprint density at radius 3 is 2.74 bits per heavy atom. The lowest BCUT2D eigenvalue weighted by atomic mass is 10.1. The number of rotatable bonds is 3. The van der Waals surface area contributed by atoms with Crippen LogP contribution in [0.2, 0.25) is 0 Å². The molecular formula is C14H15FN2O2. The molecule has 0 aliphatic heterocycles. The number of fused-ring (bicyclic) bond motifs is 1. The van der Waals surface area contributed by atoms with Gasteiger partial charge in [0.1, 0.15) is 5.82 Å². The van der Waals surface area contributed by atoms with Crippen LogP contribution in [0.3, 0.4) is 0 Å². The van der Waals surface area contributed by atoms with Gasteiger partial charge in [0.15, 0.2) is 0 Å². The van der Waals surface area contributed by atoms with Crippen LogP contribution in [0, 0.1) is 5.82 Å². The summed E-state index contributed by atoms with van der Waals surface area (Å²) in [6.45, 7) is 3.89. The standard InChI is InChI=1S/C14H15FN2O2/c1-3-6-16-14(19)12-8-17(9(2)18)13-7-10(15)4-5-11(12)13/h4-5,7-8H,3,6H2,1-2H3,(H,16,19). The average Bonchev–Trinajstić information content (AvgIpc) is 2.74. The third-order valence-corrected chi connectivity index (χ3v) is 2.89. The first kappa shape index (κ1) is 13.3. The number of hydrogen-bond acceptors (Lipinski definition) is 2. The van der Waals surface area contributed by atoms with E-state index in [9.17, 15) is 14.0 Å². The molecule has 1 heterocycles. The molecule has 0 saturated carbocycles. The zero-order chi connectivity index (χ0) is 14.0. The molecular weight excluding hydrogens is 247 g/mol. The van der Waals surface area contributed by atoms with E-state index in [1.165, 1.54) is 35.9 Å². The van der Waals surface area contributed by atoms with Crippen molar-refractivity contribution >= 4 is 22.7 Å². The SMILES string of the molecule is CCCNC(=O)c1cn(C(C)=O)c2cc(F)ccc12. The molecule has 1 N–H and O–H groups in total. The van der Waals surface area contributed by atoms with Crippen molar-refractivity contribution < 1.29 is 14.0 Å². The van der Waals surface area contributed by atoms with Crippen LogP contribution in [-0.4, -0.2) is 22.9 Å². The van der Waals surface area contributed by atoms with Crippen molar-refractivity contribution in [1.82, 2.24) is 9.88 Å². The van der Waals surface area contributed by atoms with Crippen molar-refractivity contribution in [3.63, 3.8) is 0 Å². The summed E-state index contributed by atoms with van der Waals surface area (Å²) in [7, 11) is 0. The van der Waals surface area contributed by atoms with E-state index >= 15 is 0 Å². The Labute approximate surface area is 110 Å². The number of carbonyl (C=O) groups excluding carboxylic acids is 2. The lowest BCUT2D eigenvalue weighted by molar-refractivity contribution is 0.0941. The predicted octanol–water partition coefficient (Wildman–Crippen LogP) is 2.58. The van der Waals surface area contributed by atoms with Crippen molar-refractivity contribution in [2.45, 2.75) is 20.3 Å². The van der Waals surface area contributed by atoms with Gasteiger partial charge in [-0.15, -0.1) is 0 Å². The molecule has 1 aromatic carbocycles. The Kier molecular flexibility index (Phi) is 3.64. The van der Waals surface area contributed by atoms with E-state index < -0.39 is 5.82 Å². The molecule has 2 aromatic rings. The number of amides is 1. The minimum atomic E-state index is -0.436. The van der Waals surface area contributed by atoms with E-state index in [0.29, 0.717) is 23.0 Å². The Morgan fingerprint density at radius 2 is 2.11 bits per heavy atom. The van der Waals surface area contributed by atoms with E-state index in [2.05, 4.69) is 5.32 Å². The van der Waals surface area contributed by atoms with Gasteiger partial charge in [-0.05, 0) is 24.6 Å². The number of nitrogens with one attached hydrogen (secondary N) is 1. The molecule has 0 radical (unpaired) electrons. The molecule has 0 unspecified atom stereocenters. The number of aromatic nitrogens is 1. The summed E-state index contributed by atoms with van der Waals surface area (Å²) in [4.78, 5) is 23.5. The highest BCUT2D eigenvalue weighted by Gasteiger charge is 2.16. The molecule has 5 heteroatoms. The van der Waals surface area contributed by atoms with Crippen LogP contribution < -0.4 is 5.32 Å². The molecule has 0 fully saturated rings. The Balaban J connectivity index is 2.56. The fraction of sp³-hybridized carbons (Fsp3) is 0.286. The van der Waals surface area contributed by atoms with Crippen LogP contribution in [-0.2, 0) is 0 Å². The normalized spacial score (nSPS) is 10.7. The summed E-state index contributed by atoms with van der Waals surface area (Å²) in [5.74, 6) is -0.947. The molecule has 1 amide bonds. The molecule has 0 spiro atoms. The van der Waals surface area contributed by atoms with Gasteiger partial charge in [0.2, 0.25) is 5.91 Å². The second kappa shape index (κ2) is 5.22. The van der Waals surface area contributed by atoms with Crippen molar-refractivity contribution in [3.8, 4) is 0 Å². The zero-order valence-corrected chi connectivity index (χ0v) is 10.9. The first-order valence-electron chi connectivity index (χ1n) is 6.14. The second-order valence-electron chi connectivity index (χ2n) is 4.35. The van der Waals surface area contributed by atoms with E-state index in [1.54, 1.807) is 0 Å². The molecule has 100 valence electrons. The molecule has 0 bridgehead atoms. The number of halogens is 1. The number of nitrogens with zero attached hydrogens (tertiary/aromatic N) is 1. The predicted molar refractivity (Wildman–Crippen MR) is 70.8 cm³/mol. The highest BCUT2D eigenvalue weighted by molar-refractivity contribution is 6.09. The van der Waals surface area contributed by atoms with Gasteiger partial charge in [0, 0.05) is 25.1 Å². The molecule has 0 saturated heterocycles. The Hall–Kier alpha value is -2.17. The highest BCUT2D eigenvalue weighted by Crippen LogP contribution is 2.22. The van der Waals surface area contributed by atoms with Gasteiger partial charge in [-0.1, -0.05) is 6.92 Å². The molecule has 2 rings (SSSR count). The van der Waals surface area contributed by atoms with Crippen LogP contribution >= 0.6 is 0 Å². The highest BCUT2D eigenvalue weighted by atomic mass is 19.1. The smallest absolute Gasteiger partial charge is 0.253 e. The van der Waals surface area contributed by atoms with Gasteiger partial charge < -0.3 is 5.32 Å². The van der Waals surface area contributed by atoms with Gasteiger partial charge in [-0.2, -0.15) is 0 Å². The van der Waals surface area contributed by atoms with Crippen LogP contribution in [0.4, 0.5) is 4.39 Å². The summed E-state index contributed by atoms with van der Waals surface area (Å²) in [6.07, 6.45) is 2.28. The lowest BCUT2D eigenvalue weighted by Crippen LogP contribution is -2.23. The van der Waals surface area contributed by atoms with Crippen LogP contribution in [0.5, 0.6) is 0 Å². The molecule has 0 atom stereocenters. The zero-order valence-electron chi connectivity index (χ0n) is 10.9. The minimum absolute atomic E-state index is 0.251. The van der Waals surface area contributed by atoms with Crippen molar-refractivity contribution in [2.75, 3.05) is 6.54 Å². The maximum Gasteiger partial charge on any atom is 0.253 e. The largest absolute Gasteiger partial charge is 0.352 e. The van der Waals surface area contributed by atoms with E-state index in [1.807, 2.05) is 6.92 Å². The monoisotopic (exact) mass is 262 g/mol. The number of carbonyl (C=O) groups is 2. The summed E-state index contributed by atoms with van der Waals surface area (Å²) >= 11 is 0. The van der Waals surface area contributed by atoms with Gasteiger partial charge in [-0.25, -0.2) is 4.39 Å². The summed E-state index contributed by atoms with van der Waals surface area (Å²) in [6, 6.07) is 4.06. The average molecular weight is 262 g/mol.